The number of morpholine rings is 1. The van der Waals surface area contributed by atoms with Crippen molar-refractivity contribution in [2.45, 2.75) is 77.7 Å². The van der Waals surface area contributed by atoms with E-state index in [9.17, 15) is 9.59 Å². The summed E-state index contributed by atoms with van der Waals surface area (Å²) in [4.78, 5) is 32.2. The molecule has 7 nitrogen and oxygen atoms in total. The van der Waals surface area contributed by atoms with Crippen molar-refractivity contribution < 1.29 is 14.3 Å². The van der Waals surface area contributed by atoms with E-state index in [0.717, 1.165) is 70.4 Å². The van der Waals surface area contributed by atoms with E-state index >= 15 is 0 Å². The molecular weight excluding hydrogens is 464 g/mol. The van der Waals surface area contributed by atoms with Crippen molar-refractivity contribution in [1.82, 2.24) is 14.7 Å². The molecule has 7 heteroatoms. The van der Waals surface area contributed by atoms with Gasteiger partial charge in [-0.05, 0) is 75.6 Å². The minimum Gasteiger partial charge on any atom is -0.378 e. The summed E-state index contributed by atoms with van der Waals surface area (Å²) in [5, 5.41) is 3.19. The summed E-state index contributed by atoms with van der Waals surface area (Å²) in [6, 6.07) is 9.06. The lowest BCUT2D eigenvalue weighted by Gasteiger charge is -2.39. The molecule has 1 saturated carbocycles. The highest BCUT2D eigenvalue weighted by Crippen LogP contribution is 2.26. The van der Waals surface area contributed by atoms with E-state index in [0.29, 0.717) is 38.3 Å². The molecule has 1 aromatic rings. The van der Waals surface area contributed by atoms with Crippen LogP contribution < -0.4 is 5.32 Å². The van der Waals surface area contributed by atoms with Crippen molar-refractivity contribution in [3.05, 3.63) is 29.8 Å². The third-order valence-corrected chi connectivity index (χ3v) is 8.50. The van der Waals surface area contributed by atoms with E-state index in [1.54, 1.807) is 0 Å². The third-order valence-electron chi connectivity index (χ3n) is 8.50. The Hall–Kier alpha value is -2.12. The maximum absolute atomic E-state index is 12.8. The number of nitrogens with zero attached hydrogens (tertiary/aromatic N) is 3. The minimum absolute atomic E-state index is 0.173. The molecule has 206 valence electrons. The fraction of sp³-hybridized carbons (Fsp3) is 0.733. The number of nitrogens with one attached hydrogen (secondary N) is 1. The first-order chi connectivity index (χ1) is 18.0. The SMILES string of the molecule is CCCN(CC1CCN(C(=O)N2CCOCC2)CC1)C(C)Cc1cccc(NC(=O)C2CCCCC2)c1. The Kier molecular flexibility index (Phi) is 10.7. The number of piperidine rings is 1. The summed E-state index contributed by atoms with van der Waals surface area (Å²) in [5.41, 5.74) is 2.21. The van der Waals surface area contributed by atoms with Crippen LogP contribution in [0.1, 0.15) is 70.8 Å². The molecule has 2 saturated heterocycles. The monoisotopic (exact) mass is 512 g/mol. The molecule has 1 aliphatic carbocycles. The smallest absolute Gasteiger partial charge is 0.320 e. The number of rotatable bonds is 9. The summed E-state index contributed by atoms with van der Waals surface area (Å²) >= 11 is 0. The van der Waals surface area contributed by atoms with Crippen LogP contribution in [0.5, 0.6) is 0 Å². The van der Waals surface area contributed by atoms with E-state index in [4.69, 9.17) is 4.74 Å². The molecule has 2 heterocycles. The fourth-order valence-electron chi connectivity index (χ4n) is 6.23. The minimum atomic E-state index is 0.173. The van der Waals surface area contributed by atoms with E-state index in [-0.39, 0.29) is 17.9 Å². The second-order valence-corrected chi connectivity index (χ2v) is 11.4. The Bertz CT molecular complexity index is 858. The lowest BCUT2D eigenvalue weighted by molar-refractivity contribution is -0.120. The van der Waals surface area contributed by atoms with Crippen molar-refractivity contribution in [3.8, 4) is 0 Å². The van der Waals surface area contributed by atoms with Crippen LogP contribution in [0.4, 0.5) is 10.5 Å². The van der Waals surface area contributed by atoms with Crippen LogP contribution in [0.25, 0.3) is 0 Å². The summed E-state index contributed by atoms with van der Waals surface area (Å²) in [5.74, 6) is 0.992. The first-order valence-electron chi connectivity index (χ1n) is 14.8. The number of benzene rings is 1. The maximum atomic E-state index is 12.8. The molecule has 3 fully saturated rings. The van der Waals surface area contributed by atoms with E-state index < -0.39 is 0 Å². The van der Waals surface area contributed by atoms with Gasteiger partial charge < -0.3 is 24.8 Å². The second kappa shape index (κ2) is 14.1. The Morgan fingerprint density at radius 1 is 1.03 bits per heavy atom. The number of carbonyl (C=O) groups excluding carboxylic acids is 2. The largest absolute Gasteiger partial charge is 0.378 e. The van der Waals surface area contributed by atoms with Gasteiger partial charge >= 0.3 is 6.03 Å². The van der Waals surface area contributed by atoms with Crippen LogP contribution in [0.2, 0.25) is 0 Å². The van der Waals surface area contributed by atoms with Gasteiger partial charge in [-0.25, -0.2) is 4.79 Å². The number of anilines is 1. The van der Waals surface area contributed by atoms with Crippen molar-refractivity contribution in [2.24, 2.45) is 11.8 Å². The molecule has 1 N–H and O–H groups in total. The molecule has 37 heavy (non-hydrogen) atoms. The molecule has 1 atom stereocenters. The van der Waals surface area contributed by atoms with Gasteiger partial charge in [-0.3, -0.25) is 4.79 Å². The van der Waals surface area contributed by atoms with Gasteiger partial charge in [0.2, 0.25) is 5.91 Å². The van der Waals surface area contributed by atoms with Crippen molar-refractivity contribution in [1.29, 1.82) is 0 Å². The topological polar surface area (TPSA) is 65.1 Å². The number of urea groups is 1. The van der Waals surface area contributed by atoms with Gasteiger partial charge in [0.05, 0.1) is 13.2 Å². The van der Waals surface area contributed by atoms with Crippen molar-refractivity contribution >= 4 is 17.6 Å². The zero-order valence-corrected chi connectivity index (χ0v) is 23.1. The number of ether oxygens (including phenoxy) is 1. The van der Waals surface area contributed by atoms with Crippen LogP contribution in [-0.2, 0) is 16.0 Å². The van der Waals surface area contributed by atoms with Crippen LogP contribution in [-0.4, -0.2) is 85.2 Å². The van der Waals surface area contributed by atoms with Crippen LogP contribution >= 0.6 is 0 Å². The number of hydrogen-bond donors (Lipinski definition) is 1. The zero-order valence-electron chi connectivity index (χ0n) is 23.1. The predicted octanol–water partition coefficient (Wildman–Crippen LogP) is 5.01. The van der Waals surface area contributed by atoms with Crippen LogP contribution in [0.15, 0.2) is 24.3 Å². The first-order valence-corrected chi connectivity index (χ1v) is 14.8. The molecule has 0 spiro atoms. The quantitative estimate of drug-likeness (QED) is 0.505. The van der Waals surface area contributed by atoms with Crippen molar-refractivity contribution in [2.75, 3.05) is 57.8 Å². The van der Waals surface area contributed by atoms with Gasteiger partial charge in [0.25, 0.3) is 0 Å². The molecule has 3 aliphatic rings. The summed E-state index contributed by atoms with van der Waals surface area (Å²) in [6.07, 6.45) is 9.91. The van der Waals surface area contributed by atoms with Gasteiger partial charge in [0, 0.05) is 50.4 Å². The lowest BCUT2D eigenvalue weighted by atomic mass is 9.88. The van der Waals surface area contributed by atoms with Gasteiger partial charge in [-0.15, -0.1) is 0 Å². The Labute approximate surface area is 223 Å². The third kappa shape index (κ3) is 8.18. The lowest BCUT2D eigenvalue weighted by Crippen LogP contribution is -2.51. The van der Waals surface area contributed by atoms with E-state index in [2.05, 4.69) is 42.3 Å². The molecule has 2 aliphatic heterocycles. The van der Waals surface area contributed by atoms with Gasteiger partial charge in [0.1, 0.15) is 0 Å². The number of carbonyl (C=O) groups is 2. The first kappa shape index (κ1) is 27.9. The molecule has 0 bridgehead atoms. The Morgan fingerprint density at radius 2 is 1.73 bits per heavy atom. The van der Waals surface area contributed by atoms with E-state index in [1.807, 2.05) is 15.9 Å². The van der Waals surface area contributed by atoms with Gasteiger partial charge in [0.15, 0.2) is 0 Å². The summed E-state index contributed by atoms with van der Waals surface area (Å²) in [6.45, 7) is 11.2. The average Bonchev–Trinajstić information content (AvgIpc) is 2.94. The van der Waals surface area contributed by atoms with Gasteiger partial charge in [-0.2, -0.15) is 0 Å². The molecule has 0 radical (unpaired) electrons. The maximum Gasteiger partial charge on any atom is 0.320 e. The fourth-order valence-corrected chi connectivity index (χ4v) is 6.23. The molecule has 0 aromatic heterocycles. The normalized spacial score (nSPS) is 20.7. The summed E-state index contributed by atoms with van der Waals surface area (Å²) < 4.78 is 5.40. The average molecular weight is 513 g/mol. The molecule has 3 amide bonds. The number of hydrogen-bond acceptors (Lipinski definition) is 4. The zero-order chi connectivity index (χ0) is 26.0. The molecule has 4 rings (SSSR count). The summed E-state index contributed by atoms with van der Waals surface area (Å²) in [7, 11) is 0. The van der Waals surface area contributed by atoms with Crippen LogP contribution in [0.3, 0.4) is 0 Å². The van der Waals surface area contributed by atoms with Gasteiger partial charge in [-0.1, -0.05) is 38.3 Å². The van der Waals surface area contributed by atoms with E-state index in [1.165, 1.54) is 24.8 Å². The standard InChI is InChI=1S/C30H48N4O3/c1-3-14-34(23-25-12-15-32(16-13-25)30(36)33-17-19-37-20-18-33)24(2)21-26-8-7-11-28(22-26)31-29(35)27-9-5-4-6-10-27/h7-8,11,22,24-25,27H,3-6,9-10,12-21,23H2,1-2H3,(H,31,35). The molecule has 1 aromatic carbocycles. The highest BCUT2D eigenvalue weighted by molar-refractivity contribution is 5.92. The predicted molar refractivity (Wildman–Crippen MR) is 149 cm³/mol. The number of likely N-dealkylation sites (tertiary alicyclic amines) is 1. The molecular formula is C30H48N4O3. The van der Waals surface area contributed by atoms with Crippen molar-refractivity contribution in [3.63, 3.8) is 0 Å². The van der Waals surface area contributed by atoms with Crippen LogP contribution in [0, 0.1) is 11.8 Å². The second-order valence-electron chi connectivity index (χ2n) is 11.4. The Balaban J connectivity index is 1.26. The highest BCUT2D eigenvalue weighted by atomic mass is 16.5. The Morgan fingerprint density at radius 3 is 2.43 bits per heavy atom. The highest BCUT2D eigenvalue weighted by Gasteiger charge is 2.29. The number of amides is 3. The molecule has 1 unspecified atom stereocenters.